The highest BCUT2D eigenvalue weighted by molar-refractivity contribution is 6.35. The van der Waals surface area contributed by atoms with Gasteiger partial charge in [-0.25, -0.2) is 19.7 Å². The van der Waals surface area contributed by atoms with E-state index in [2.05, 4.69) is 19.9 Å². The molecule has 0 radical (unpaired) electrons. The Kier molecular flexibility index (Phi) is 3.96. The fourth-order valence-electron chi connectivity index (χ4n) is 2.89. The molecule has 0 amide bonds. The van der Waals surface area contributed by atoms with Gasteiger partial charge < -0.3 is 20.0 Å². The smallest absolute Gasteiger partial charge is 0.354 e. The van der Waals surface area contributed by atoms with Crippen molar-refractivity contribution < 1.29 is 9.53 Å². The Labute approximate surface area is 153 Å². The Bertz CT molecular complexity index is 1130. The van der Waals surface area contributed by atoms with Crippen molar-refractivity contribution in [3.05, 3.63) is 47.1 Å². The zero-order valence-electron chi connectivity index (χ0n) is 13.9. The van der Waals surface area contributed by atoms with Gasteiger partial charge in [-0.3, -0.25) is 0 Å². The van der Waals surface area contributed by atoms with Crippen LogP contribution >= 0.6 is 11.6 Å². The lowest BCUT2D eigenvalue weighted by molar-refractivity contribution is 0.0520. The molecule has 4 aromatic rings. The molecular formula is C17H15ClN6O2. The predicted octanol–water partition coefficient (Wildman–Crippen LogP) is 2.77. The lowest BCUT2D eigenvalue weighted by Gasteiger charge is -2.07. The molecule has 3 N–H and O–H groups in total. The van der Waals surface area contributed by atoms with Gasteiger partial charge in [-0.1, -0.05) is 17.7 Å². The fourth-order valence-corrected chi connectivity index (χ4v) is 3.10. The van der Waals surface area contributed by atoms with Gasteiger partial charge in [0.25, 0.3) is 0 Å². The van der Waals surface area contributed by atoms with E-state index in [0.717, 1.165) is 16.5 Å². The number of hydrogen-bond acceptors (Lipinski definition) is 6. The highest BCUT2D eigenvalue weighted by Gasteiger charge is 2.16. The first-order valence-corrected chi connectivity index (χ1v) is 8.34. The number of halogens is 1. The number of nitrogens with one attached hydrogen (secondary N) is 1. The van der Waals surface area contributed by atoms with Crippen LogP contribution in [0, 0.1) is 0 Å². The van der Waals surface area contributed by atoms with E-state index in [4.69, 9.17) is 22.1 Å². The molecule has 4 rings (SSSR count). The van der Waals surface area contributed by atoms with Crippen molar-refractivity contribution in [1.82, 2.24) is 24.5 Å². The number of nitrogens with two attached hydrogens (primary N) is 1. The first-order valence-electron chi connectivity index (χ1n) is 7.97. The van der Waals surface area contributed by atoms with Gasteiger partial charge >= 0.3 is 5.97 Å². The second kappa shape index (κ2) is 6.30. The molecule has 0 bridgehead atoms. The second-order valence-corrected chi connectivity index (χ2v) is 6.11. The maximum Gasteiger partial charge on any atom is 0.354 e. The van der Waals surface area contributed by atoms with Crippen LogP contribution in [0.1, 0.15) is 23.0 Å². The van der Waals surface area contributed by atoms with E-state index in [1.54, 1.807) is 25.4 Å². The SMILES string of the molecule is CCOC(=O)c1cc2c(Cl)ccc(Cn3cnc4c(N)ncnc43)c2[nH]1. The number of benzene rings is 1. The molecule has 0 unspecified atom stereocenters. The van der Waals surface area contributed by atoms with Gasteiger partial charge in [0.2, 0.25) is 0 Å². The minimum Gasteiger partial charge on any atom is -0.461 e. The number of H-pyrrole nitrogens is 1. The van der Waals surface area contributed by atoms with Crippen molar-refractivity contribution in [3.63, 3.8) is 0 Å². The number of anilines is 1. The number of nitrogen functional groups attached to an aromatic ring is 1. The Hall–Kier alpha value is -3.13. The van der Waals surface area contributed by atoms with Gasteiger partial charge in [0.15, 0.2) is 11.5 Å². The molecule has 3 aromatic heterocycles. The fraction of sp³-hybridized carbons (Fsp3) is 0.176. The van der Waals surface area contributed by atoms with Crippen LogP contribution in [0.3, 0.4) is 0 Å². The van der Waals surface area contributed by atoms with Crippen molar-refractivity contribution in [2.75, 3.05) is 12.3 Å². The van der Waals surface area contributed by atoms with Crippen LogP contribution in [0.4, 0.5) is 5.82 Å². The van der Waals surface area contributed by atoms with Gasteiger partial charge in [0, 0.05) is 10.4 Å². The lowest BCUT2D eigenvalue weighted by Crippen LogP contribution is -2.05. The summed E-state index contributed by atoms with van der Waals surface area (Å²) in [4.78, 5) is 27.6. The number of nitrogens with zero attached hydrogens (tertiary/aromatic N) is 4. The number of esters is 1. The van der Waals surface area contributed by atoms with Gasteiger partial charge in [-0.15, -0.1) is 0 Å². The lowest BCUT2D eigenvalue weighted by atomic mass is 10.1. The molecule has 0 fully saturated rings. The summed E-state index contributed by atoms with van der Waals surface area (Å²) in [6.45, 7) is 2.54. The van der Waals surface area contributed by atoms with E-state index >= 15 is 0 Å². The van der Waals surface area contributed by atoms with E-state index in [1.807, 2.05) is 10.6 Å². The van der Waals surface area contributed by atoms with Crippen molar-refractivity contribution in [3.8, 4) is 0 Å². The third kappa shape index (κ3) is 2.64. The van der Waals surface area contributed by atoms with E-state index in [1.165, 1.54) is 6.33 Å². The van der Waals surface area contributed by atoms with Crippen molar-refractivity contribution in [2.45, 2.75) is 13.5 Å². The Balaban J connectivity index is 1.80. The molecule has 1 aromatic carbocycles. The largest absolute Gasteiger partial charge is 0.461 e. The third-order valence-corrected chi connectivity index (χ3v) is 4.42. The maximum atomic E-state index is 12.0. The summed E-state index contributed by atoms with van der Waals surface area (Å²) < 4.78 is 6.92. The first kappa shape index (κ1) is 16.3. The number of carbonyl (C=O) groups is 1. The number of fused-ring (bicyclic) bond motifs is 2. The molecule has 3 heterocycles. The van der Waals surface area contributed by atoms with Crippen molar-refractivity contribution in [1.29, 1.82) is 0 Å². The van der Waals surface area contributed by atoms with Crippen LogP contribution in [0.25, 0.3) is 22.1 Å². The van der Waals surface area contributed by atoms with E-state index in [-0.39, 0.29) is 0 Å². The summed E-state index contributed by atoms with van der Waals surface area (Å²) in [5, 5.41) is 1.31. The number of rotatable bonds is 4. The number of aromatic nitrogens is 5. The number of carbonyl (C=O) groups excluding carboxylic acids is 1. The van der Waals surface area contributed by atoms with Gasteiger partial charge in [0.1, 0.15) is 17.5 Å². The van der Waals surface area contributed by atoms with Crippen LogP contribution in [-0.4, -0.2) is 37.1 Å². The maximum absolute atomic E-state index is 12.0. The first-order chi connectivity index (χ1) is 12.6. The van der Waals surface area contributed by atoms with Crippen LogP contribution in [0.5, 0.6) is 0 Å². The molecule has 0 saturated heterocycles. The van der Waals surface area contributed by atoms with E-state index in [9.17, 15) is 4.79 Å². The van der Waals surface area contributed by atoms with Crippen LogP contribution in [-0.2, 0) is 11.3 Å². The topological polar surface area (TPSA) is 112 Å². The molecule has 0 atom stereocenters. The molecule has 26 heavy (non-hydrogen) atoms. The summed E-state index contributed by atoms with van der Waals surface area (Å²) in [6, 6.07) is 5.39. The Morgan fingerprint density at radius 2 is 2.19 bits per heavy atom. The number of ether oxygens (including phenoxy) is 1. The molecule has 0 saturated carbocycles. The minimum absolute atomic E-state index is 0.303. The summed E-state index contributed by atoms with van der Waals surface area (Å²) in [5.41, 5.74) is 9.08. The quantitative estimate of drug-likeness (QED) is 0.534. The molecule has 9 heteroatoms. The zero-order chi connectivity index (χ0) is 18.3. The van der Waals surface area contributed by atoms with Crippen LogP contribution in [0.2, 0.25) is 5.02 Å². The Morgan fingerprint density at radius 1 is 1.35 bits per heavy atom. The molecule has 8 nitrogen and oxygen atoms in total. The highest BCUT2D eigenvalue weighted by atomic mass is 35.5. The molecule has 0 aliphatic heterocycles. The second-order valence-electron chi connectivity index (χ2n) is 5.70. The summed E-state index contributed by atoms with van der Waals surface area (Å²) in [6.07, 6.45) is 3.06. The predicted molar refractivity (Wildman–Crippen MR) is 98.1 cm³/mol. The average Bonchev–Trinajstić information content (AvgIpc) is 3.24. The third-order valence-electron chi connectivity index (χ3n) is 4.09. The number of aromatic amines is 1. The van der Waals surface area contributed by atoms with Gasteiger partial charge in [-0.2, -0.15) is 0 Å². The zero-order valence-corrected chi connectivity index (χ0v) is 14.6. The number of imidazole rings is 1. The molecular weight excluding hydrogens is 356 g/mol. The van der Waals surface area contributed by atoms with Gasteiger partial charge in [0.05, 0.1) is 25.0 Å². The minimum atomic E-state index is -0.417. The monoisotopic (exact) mass is 370 g/mol. The van der Waals surface area contributed by atoms with Gasteiger partial charge in [-0.05, 0) is 24.6 Å². The normalized spacial score (nSPS) is 11.3. The molecule has 0 aliphatic carbocycles. The summed E-state index contributed by atoms with van der Waals surface area (Å²) in [7, 11) is 0. The van der Waals surface area contributed by atoms with Crippen LogP contribution in [0.15, 0.2) is 30.9 Å². The molecule has 0 spiro atoms. The average molecular weight is 371 g/mol. The van der Waals surface area contributed by atoms with E-state index in [0.29, 0.717) is 40.8 Å². The molecule has 0 aliphatic rings. The highest BCUT2D eigenvalue weighted by Crippen LogP contribution is 2.29. The standard InChI is InChI=1S/C17H15ClN6O2/c1-2-26-17(25)12-5-10-11(18)4-3-9(13(10)23-12)6-24-8-22-14-15(19)20-7-21-16(14)24/h3-5,7-8,23H,2,6H2,1H3,(H2,19,20,21). The van der Waals surface area contributed by atoms with Crippen molar-refractivity contribution >= 4 is 45.5 Å². The van der Waals surface area contributed by atoms with Crippen molar-refractivity contribution in [2.24, 2.45) is 0 Å². The van der Waals surface area contributed by atoms with E-state index < -0.39 is 5.97 Å². The molecule has 132 valence electrons. The summed E-state index contributed by atoms with van der Waals surface area (Å²) >= 11 is 6.29. The Morgan fingerprint density at radius 3 is 3.00 bits per heavy atom. The van der Waals surface area contributed by atoms with Crippen LogP contribution < -0.4 is 5.73 Å². The number of hydrogen-bond donors (Lipinski definition) is 2. The summed E-state index contributed by atoms with van der Waals surface area (Å²) in [5.74, 6) is -0.0845.